The monoisotopic (exact) mass is 356 g/mol. The summed E-state index contributed by atoms with van der Waals surface area (Å²) in [5.41, 5.74) is 6.59. The zero-order valence-electron chi connectivity index (χ0n) is 14.5. The van der Waals surface area contributed by atoms with Gasteiger partial charge in [0.1, 0.15) is 11.1 Å². The van der Waals surface area contributed by atoms with Crippen molar-refractivity contribution in [3.05, 3.63) is 71.9 Å². The van der Waals surface area contributed by atoms with Crippen molar-refractivity contribution in [1.82, 2.24) is 14.6 Å². The lowest BCUT2D eigenvalue weighted by atomic mass is 10.1. The van der Waals surface area contributed by atoms with Gasteiger partial charge in [-0.3, -0.25) is 0 Å². The van der Waals surface area contributed by atoms with Crippen LogP contribution in [-0.2, 0) is 0 Å². The number of rotatable bonds is 3. The number of aryl methyl sites for hydroxylation is 2. The van der Waals surface area contributed by atoms with Gasteiger partial charge in [0.25, 0.3) is 0 Å². The zero-order valence-corrected chi connectivity index (χ0v) is 15.3. The van der Waals surface area contributed by atoms with Gasteiger partial charge in [0, 0.05) is 16.8 Å². The van der Waals surface area contributed by atoms with Gasteiger partial charge >= 0.3 is 0 Å². The molecule has 126 valence electrons. The van der Waals surface area contributed by atoms with Crippen molar-refractivity contribution in [1.29, 1.82) is 5.26 Å². The predicted octanol–water partition coefficient (Wildman–Crippen LogP) is 5.25. The number of benzene rings is 2. The second-order valence-electron chi connectivity index (χ2n) is 6.12. The van der Waals surface area contributed by atoms with E-state index in [2.05, 4.69) is 41.6 Å². The molecule has 0 unspecified atom stereocenters. The molecule has 4 rings (SSSR count). The lowest BCUT2D eigenvalue weighted by molar-refractivity contribution is 0.941. The smallest absolute Gasteiger partial charge is 0.171 e. The first-order valence-electron chi connectivity index (χ1n) is 8.26. The Kier molecular flexibility index (Phi) is 4.19. The predicted molar refractivity (Wildman–Crippen MR) is 105 cm³/mol. The molecule has 0 N–H and O–H groups in total. The van der Waals surface area contributed by atoms with E-state index in [0.717, 1.165) is 44.9 Å². The van der Waals surface area contributed by atoms with Gasteiger partial charge in [-0.2, -0.15) is 10.4 Å². The Labute approximate surface area is 156 Å². The molecule has 0 aliphatic heterocycles. The molecule has 0 fully saturated rings. The third-order valence-corrected chi connectivity index (χ3v) is 4.89. The van der Waals surface area contributed by atoms with Crippen LogP contribution in [-0.4, -0.2) is 14.6 Å². The Morgan fingerprint density at radius 1 is 0.962 bits per heavy atom. The van der Waals surface area contributed by atoms with Gasteiger partial charge in [0.15, 0.2) is 5.65 Å². The fourth-order valence-corrected chi connectivity index (χ4v) is 3.54. The Morgan fingerprint density at radius 3 is 2.38 bits per heavy atom. The highest BCUT2D eigenvalue weighted by Crippen LogP contribution is 2.35. The Balaban J connectivity index is 2.03. The minimum atomic E-state index is 0.714. The molecule has 0 amide bonds. The number of thiocyanates is 1. The van der Waals surface area contributed by atoms with E-state index in [9.17, 15) is 5.26 Å². The molecular formula is C21H16N4S. The number of aromatic nitrogens is 3. The van der Waals surface area contributed by atoms with Crippen molar-refractivity contribution in [2.75, 3.05) is 0 Å². The second kappa shape index (κ2) is 6.66. The highest BCUT2D eigenvalue weighted by Gasteiger charge is 2.19. The maximum Gasteiger partial charge on any atom is 0.171 e. The fraction of sp³-hybridized carbons (Fsp3) is 0.0952. The van der Waals surface area contributed by atoms with Crippen LogP contribution in [0.5, 0.6) is 0 Å². The molecule has 2 heterocycles. The minimum Gasteiger partial charge on any atom is -0.233 e. The van der Waals surface area contributed by atoms with Crippen molar-refractivity contribution in [2.24, 2.45) is 0 Å². The quantitative estimate of drug-likeness (QED) is 0.371. The SMILES string of the molecule is Cc1ccc(-c2nn3c(-c4ccccc4)cc(C)nc3c2SC#N)cc1. The van der Waals surface area contributed by atoms with E-state index >= 15 is 0 Å². The Hall–Kier alpha value is -3.10. The number of nitriles is 1. The third-order valence-electron chi connectivity index (χ3n) is 4.22. The molecule has 0 aliphatic carbocycles. The van der Waals surface area contributed by atoms with Gasteiger partial charge in [0.2, 0.25) is 0 Å². The highest BCUT2D eigenvalue weighted by molar-refractivity contribution is 8.04. The van der Waals surface area contributed by atoms with E-state index in [1.165, 1.54) is 5.56 Å². The number of hydrogen-bond donors (Lipinski definition) is 0. The Bertz CT molecular complexity index is 1120. The maximum atomic E-state index is 9.32. The molecule has 0 spiro atoms. The topological polar surface area (TPSA) is 54.0 Å². The normalized spacial score (nSPS) is 10.8. The van der Waals surface area contributed by atoms with Crippen LogP contribution in [0.1, 0.15) is 11.3 Å². The molecule has 0 saturated carbocycles. The molecule has 2 aromatic heterocycles. The van der Waals surface area contributed by atoms with E-state index < -0.39 is 0 Å². The van der Waals surface area contributed by atoms with E-state index in [1.54, 1.807) is 0 Å². The van der Waals surface area contributed by atoms with Crippen LogP contribution in [0.2, 0.25) is 0 Å². The largest absolute Gasteiger partial charge is 0.233 e. The van der Waals surface area contributed by atoms with Crippen LogP contribution in [0.25, 0.3) is 28.2 Å². The Morgan fingerprint density at radius 2 is 1.69 bits per heavy atom. The van der Waals surface area contributed by atoms with Crippen LogP contribution in [0.15, 0.2) is 65.6 Å². The summed E-state index contributed by atoms with van der Waals surface area (Å²) < 4.78 is 1.84. The number of thioether (sulfide) groups is 1. The van der Waals surface area contributed by atoms with Crippen LogP contribution >= 0.6 is 11.8 Å². The van der Waals surface area contributed by atoms with E-state index in [1.807, 2.05) is 47.8 Å². The van der Waals surface area contributed by atoms with Crippen molar-refractivity contribution in [3.8, 4) is 27.9 Å². The zero-order chi connectivity index (χ0) is 18.1. The molecule has 0 aliphatic rings. The first-order chi connectivity index (χ1) is 12.7. The van der Waals surface area contributed by atoms with Crippen LogP contribution in [0.4, 0.5) is 0 Å². The van der Waals surface area contributed by atoms with Crippen LogP contribution in [0, 0.1) is 24.5 Å². The van der Waals surface area contributed by atoms with Crippen molar-refractivity contribution < 1.29 is 0 Å². The first-order valence-corrected chi connectivity index (χ1v) is 9.08. The molecule has 26 heavy (non-hydrogen) atoms. The van der Waals surface area contributed by atoms with Crippen molar-refractivity contribution in [3.63, 3.8) is 0 Å². The van der Waals surface area contributed by atoms with E-state index in [-0.39, 0.29) is 0 Å². The number of nitrogens with zero attached hydrogens (tertiary/aromatic N) is 4. The summed E-state index contributed by atoms with van der Waals surface area (Å²) in [4.78, 5) is 5.46. The maximum absolute atomic E-state index is 9.32. The van der Waals surface area contributed by atoms with Crippen molar-refractivity contribution >= 4 is 17.4 Å². The van der Waals surface area contributed by atoms with E-state index in [0.29, 0.717) is 5.65 Å². The molecule has 4 nitrogen and oxygen atoms in total. The highest BCUT2D eigenvalue weighted by atomic mass is 32.2. The summed E-state index contributed by atoms with van der Waals surface area (Å²) in [5.74, 6) is 0. The van der Waals surface area contributed by atoms with Gasteiger partial charge in [-0.05, 0) is 31.7 Å². The fourth-order valence-electron chi connectivity index (χ4n) is 2.97. The summed E-state index contributed by atoms with van der Waals surface area (Å²) in [6, 6.07) is 20.3. The molecule has 4 aromatic rings. The molecule has 0 saturated heterocycles. The standard InChI is InChI=1S/C21H16N4S/c1-14-8-10-17(11-9-14)19-20(26-13-22)21-23-15(2)12-18(25(21)24-19)16-6-4-3-5-7-16/h3-12H,1-2H3. The summed E-state index contributed by atoms with van der Waals surface area (Å²) in [6.45, 7) is 4.02. The first kappa shape index (κ1) is 16.4. The number of fused-ring (bicyclic) bond motifs is 1. The molecule has 0 radical (unpaired) electrons. The lowest BCUT2D eigenvalue weighted by Gasteiger charge is -2.06. The van der Waals surface area contributed by atoms with Crippen LogP contribution < -0.4 is 0 Å². The average molecular weight is 356 g/mol. The summed E-state index contributed by atoms with van der Waals surface area (Å²) >= 11 is 1.11. The van der Waals surface area contributed by atoms with Gasteiger partial charge in [-0.1, -0.05) is 60.2 Å². The molecule has 0 bridgehead atoms. The van der Waals surface area contributed by atoms with Crippen LogP contribution in [0.3, 0.4) is 0 Å². The van der Waals surface area contributed by atoms with Gasteiger partial charge in [0.05, 0.1) is 10.6 Å². The minimum absolute atomic E-state index is 0.714. The second-order valence-corrected chi connectivity index (χ2v) is 6.92. The lowest BCUT2D eigenvalue weighted by Crippen LogP contribution is -1.98. The van der Waals surface area contributed by atoms with Gasteiger partial charge in [-0.15, -0.1) is 0 Å². The summed E-state index contributed by atoms with van der Waals surface area (Å²) in [7, 11) is 0. The molecule has 2 aromatic carbocycles. The number of hydrogen-bond acceptors (Lipinski definition) is 4. The van der Waals surface area contributed by atoms with E-state index in [4.69, 9.17) is 5.10 Å². The molecular weight excluding hydrogens is 340 g/mol. The van der Waals surface area contributed by atoms with Gasteiger partial charge < -0.3 is 0 Å². The average Bonchev–Trinajstić information content (AvgIpc) is 3.01. The third kappa shape index (κ3) is 2.85. The summed E-state index contributed by atoms with van der Waals surface area (Å²) in [5, 5.41) is 16.3. The summed E-state index contributed by atoms with van der Waals surface area (Å²) in [6.07, 6.45) is 0. The molecule has 5 heteroatoms. The van der Waals surface area contributed by atoms with Gasteiger partial charge in [-0.25, -0.2) is 9.50 Å². The molecule has 0 atom stereocenters. The van der Waals surface area contributed by atoms with Crippen molar-refractivity contribution in [2.45, 2.75) is 18.7 Å².